The number of hydrogen-bond donors (Lipinski definition) is 1. The molecule has 0 spiro atoms. The Morgan fingerprint density at radius 2 is 2.32 bits per heavy atom. The fraction of sp³-hybridized carbons (Fsp3) is 0.800. The highest BCUT2D eigenvalue weighted by atomic mass is 16.5. The summed E-state index contributed by atoms with van der Waals surface area (Å²) in [5.74, 6) is 0.791. The number of rotatable bonds is 5. The molecule has 0 bridgehead atoms. The summed E-state index contributed by atoms with van der Waals surface area (Å²) in [6.07, 6.45) is 3.62. The molecule has 1 amide bonds. The first kappa shape index (κ1) is 16.9. The molecule has 2 N–H and O–H groups in total. The van der Waals surface area contributed by atoms with Gasteiger partial charge in [-0.3, -0.25) is 4.79 Å². The summed E-state index contributed by atoms with van der Waals surface area (Å²) in [5.41, 5.74) is 5.86. The van der Waals surface area contributed by atoms with Crippen LogP contribution in [0.2, 0.25) is 0 Å². The Morgan fingerprint density at radius 1 is 1.59 bits per heavy atom. The van der Waals surface area contributed by atoms with Crippen molar-refractivity contribution in [3.05, 3.63) is 11.7 Å². The highest BCUT2D eigenvalue weighted by Gasteiger charge is 2.39. The van der Waals surface area contributed by atoms with Crippen LogP contribution in [0.5, 0.6) is 0 Å². The van der Waals surface area contributed by atoms with Crippen LogP contribution in [-0.4, -0.2) is 40.6 Å². The Balaban J connectivity index is 2.00. The van der Waals surface area contributed by atoms with E-state index in [9.17, 15) is 4.79 Å². The van der Waals surface area contributed by atoms with Crippen LogP contribution in [0.15, 0.2) is 4.52 Å². The molecule has 3 atom stereocenters. The predicted octanol–water partition coefficient (Wildman–Crippen LogP) is 1.64. The van der Waals surface area contributed by atoms with E-state index in [2.05, 4.69) is 10.1 Å². The van der Waals surface area contributed by atoms with Crippen LogP contribution < -0.4 is 5.73 Å². The summed E-state index contributed by atoms with van der Waals surface area (Å²) in [6, 6.07) is 0. The van der Waals surface area contributed by atoms with Crippen LogP contribution in [0.4, 0.5) is 0 Å². The lowest BCUT2D eigenvalue weighted by Crippen LogP contribution is -2.53. The van der Waals surface area contributed by atoms with Gasteiger partial charge in [-0.1, -0.05) is 18.0 Å². The van der Waals surface area contributed by atoms with Crippen LogP contribution in [-0.2, 0) is 16.1 Å². The van der Waals surface area contributed by atoms with Gasteiger partial charge in [-0.25, -0.2) is 0 Å². The van der Waals surface area contributed by atoms with Crippen molar-refractivity contribution in [1.29, 1.82) is 0 Å². The van der Waals surface area contributed by atoms with Gasteiger partial charge >= 0.3 is 0 Å². The maximum atomic E-state index is 12.6. The number of carbonyl (C=O) groups excluding carboxylic acids is 1. The average Bonchev–Trinajstić information content (AvgIpc) is 2.93. The van der Waals surface area contributed by atoms with E-state index in [0.29, 0.717) is 11.7 Å². The van der Waals surface area contributed by atoms with Crippen molar-refractivity contribution < 1.29 is 14.1 Å². The molecule has 2 rings (SSSR count). The molecule has 124 valence electrons. The van der Waals surface area contributed by atoms with Gasteiger partial charge in [-0.15, -0.1) is 0 Å². The molecule has 7 nitrogen and oxygen atoms in total. The highest BCUT2D eigenvalue weighted by Crippen LogP contribution is 2.32. The van der Waals surface area contributed by atoms with Crippen LogP contribution in [0, 0.1) is 5.92 Å². The van der Waals surface area contributed by atoms with Gasteiger partial charge in [0, 0.05) is 19.7 Å². The van der Waals surface area contributed by atoms with Crippen molar-refractivity contribution in [2.45, 2.75) is 57.7 Å². The molecule has 1 saturated carbocycles. The molecule has 1 aromatic heterocycles. The fourth-order valence-electron chi connectivity index (χ4n) is 2.91. The SMILES string of the molecule is COC(C)c1noc(CN(C)C(=O)C2CCCCC2(C)N)n1. The third-order valence-electron chi connectivity index (χ3n) is 4.50. The second-order valence-corrected chi connectivity index (χ2v) is 6.42. The van der Waals surface area contributed by atoms with E-state index in [-0.39, 0.29) is 24.5 Å². The molecule has 1 aromatic rings. The van der Waals surface area contributed by atoms with Crippen molar-refractivity contribution in [2.24, 2.45) is 11.7 Å². The normalized spacial score (nSPS) is 26.7. The Morgan fingerprint density at radius 3 is 2.95 bits per heavy atom. The number of nitrogens with zero attached hydrogens (tertiary/aromatic N) is 3. The van der Waals surface area contributed by atoms with E-state index in [1.54, 1.807) is 19.1 Å². The second-order valence-electron chi connectivity index (χ2n) is 6.42. The largest absolute Gasteiger partial charge is 0.374 e. The summed E-state index contributed by atoms with van der Waals surface area (Å²) < 4.78 is 10.3. The van der Waals surface area contributed by atoms with E-state index < -0.39 is 5.54 Å². The lowest BCUT2D eigenvalue weighted by Gasteiger charge is -2.38. The number of nitrogens with two attached hydrogens (primary N) is 1. The third-order valence-corrected chi connectivity index (χ3v) is 4.50. The smallest absolute Gasteiger partial charge is 0.246 e. The van der Waals surface area contributed by atoms with Gasteiger partial charge in [0.1, 0.15) is 6.10 Å². The maximum absolute atomic E-state index is 12.6. The topological polar surface area (TPSA) is 94.5 Å². The van der Waals surface area contributed by atoms with E-state index in [4.69, 9.17) is 15.0 Å². The quantitative estimate of drug-likeness (QED) is 0.888. The number of carbonyl (C=O) groups is 1. The zero-order valence-electron chi connectivity index (χ0n) is 13.8. The van der Waals surface area contributed by atoms with Crippen molar-refractivity contribution in [3.8, 4) is 0 Å². The second kappa shape index (κ2) is 6.75. The highest BCUT2D eigenvalue weighted by molar-refractivity contribution is 5.80. The molecule has 0 aliphatic heterocycles. The van der Waals surface area contributed by atoms with Gasteiger partial charge in [0.25, 0.3) is 0 Å². The summed E-state index contributed by atoms with van der Waals surface area (Å²) in [5, 5.41) is 3.87. The van der Waals surface area contributed by atoms with Gasteiger partial charge in [-0.2, -0.15) is 4.98 Å². The van der Waals surface area contributed by atoms with Gasteiger partial charge in [0.2, 0.25) is 11.8 Å². The molecule has 1 aliphatic rings. The lowest BCUT2D eigenvalue weighted by atomic mass is 9.74. The molecule has 7 heteroatoms. The zero-order chi connectivity index (χ0) is 16.3. The minimum atomic E-state index is -0.436. The number of amides is 1. The van der Waals surface area contributed by atoms with E-state index >= 15 is 0 Å². The minimum absolute atomic E-state index is 0.0456. The molecule has 22 heavy (non-hydrogen) atoms. The number of aromatic nitrogens is 2. The molecule has 0 aromatic carbocycles. The Hall–Kier alpha value is -1.47. The van der Waals surface area contributed by atoms with E-state index in [1.165, 1.54) is 0 Å². The molecule has 0 saturated heterocycles. The summed E-state index contributed by atoms with van der Waals surface area (Å²) >= 11 is 0. The minimum Gasteiger partial charge on any atom is -0.374 e. The average molecular weight is 310 g/mol. The van der Waals surface area contributed by atoms with E-state index in [1.807, 2.05) is 13.8 Å². The molecule has 3 unspecified atom stereocenters. The van der Waals surface area contributed by atoms with Crippen molar-refractivity contribution in [2.75, 3.05) is 14.2 Å². The number of ether oxygens (including phenoxy) is 1. The van der Waals surface area contributed by atoms with Crippen molar-refractivity contribution in [3.63, 3.8) is 0 Å². The van der Waals surface area contributed by atoms with Crippen molar-refractivity contribution in [1.82, 2.24) is 15.0 Å². The Labute approximate surface area is 131 Å². The maximum Gasteiger partial charge on any atom is 0.246 e. The Bertz CT molecular complexity index is 515. The fourth-order valence-corrected chi connectivity index (χ4v) is 2.91. The standard InChI is InChI=1S/C15H26N4O3/c1-10(21-4)13-17-12(22-18-13)9-19(3)14(20)11-7-5-6-8-15(11,2)16/h10-11H,5-9,16H2,1-4H3. The molecular formula is C15H26N4O3. The number of methoxy groups -OCH3 is 1. The first-order chi connectivity index (χ1) is 10.3. The third kappa shape index (κ3) is 3.64. The summed E-state index contributed by atoms with van der Waals surface area (Å²) in [6.45, 7) is 4.09. The molecule has 1 heterocycles. The first-order valence-corrected chi connectivity index (χ1v) is 7.74. The molecule has 0 radical (unpaired) electrons. The number of hydrogen-bond acceptors (Lipinski definition) is 6. The van der Waals surface area contributed by atoms with Crippen LogP contribution >= 0.6 is 0 Å². The van der Waals surface area contributed by atoms with Gasteiger partial charge < -0.3 is 19.9 Å². The first-order valence-electron chi connectivity index (χ1n) is 7.74. The predicted molar refractivity (Wildman–Crippen MR) is 80.7 cm³/mol. The lowest BCUT2D eigenvalue weighted by molar-refractivity contribution is -0.138. The van der Waals surface area contributed by atoms with Gasteiger partial charge in [0.15, 0.2) is 5.82 Å². The van der Waals surface area contributed by atoms with Gasteiger partial charge in [-0.05, 0) is 26.7 Å². The summed E-state index contributed by atoms with van der Waals surface area (Å²) in [7, 11) is 3.33. The van der Waals surface area contributed by atoms with Crippen LogP contribution in [0.1, 0.15) is 57.3 Å². The van der Waals surface area contributed by atoms with Crippen LogP contribution in [0.25, 0.3) is 0 Å². The van der Waals surface area contributed by atoms with E-state index in [0.717, 1.165) is 25.7 Å². The summed E-state index contributed by atoms with van der Waals surface area (Å²) in [4.78, 5) is 18.5. The zero-order valence-corrected chi connectivity index (χ0v) is 13.8. The molecule has 1 fully saturated rings. The molecular weight excluding hydrogens is 284 g/mol. The Kier molecular flexibility index (Phi) is 5.18. The van der Waals surface area contributed by atoms with Crippen molar-refractivity contribution >= 4 is 5.91 Å². The monoisotopic (exact) mass is 310 g/mol. The van der Waals surface area contributed by atoms with Gasteiger partial charge in [0.05, 0.1) is 12.5 Å². The van der Waals surface area contributed by atoms with Crippen LogP contribution in [0.3, 0.4) is 0 Å². The molecule has 1 aliphatic carbocycles.